The zero-order chi connectivity index (χ0) is 16.4. The standard InChI is InChI=1S/C20H20N2O2/c21-12-14-4-6-16(7-5-14)19-13-23-20-17(2-1-3-18(20)24-19)15-8-10-22-11-9-15/h1-7,15,19,22H,8-11,13H2/t19-/m0/s1. The molecule has 2 aliphatic heterocycles. The van der Waals surface area contributed by atoms with E-state index in [4.69, 9.17) is 14.7 Å². The van der Waals surface area contributed by atoms with Gasteiger partial charge < -0.3 is 14.8 Å². The normalized spacial score (nSPS) is 20.4. The zero-order valence-electron chi connectivity index (χ0n) is 13.5. The van der Waals surface area contributed by atoms with Crippen molar-refractivity contribution in [3.8, 4) is 17.6 Å². The van der Waals surface area contributed by atoms with Gasteiger partial charge >= 0.3 is 0 Å². The minimum absolute atomic E-state index is 0.131. The second-order valence-electron chi connectivity index (χ2n) is 6.35. The highest BCUT2D eigenvalue weighted by Crippen LogP contribution is 2.43. The summed E-state index contributed by atoms with van der Waals surface area (Å²) in [7, 11) is 0. The Morgan fingerprint density at radius 3 is 2.58 bits per heavy atom. The molecule has 0 unspecified atom stereocenters. The summed E-state index contributed by atoms with van der Waals surface area (Å²) in [4.78, 5) is 0. The van der Waals surface area contributed by atoms with Crippen molar-refractivity contribution in [1.82, 2.24) is 5.32 Å². The van der Waals surface area contributed by atoms with Gasteiger partial charge in [0.2, 0.25) is 0 Å². The highest BCUT2D eigenvalue weighted by Gasteiger charge is 2.27. The van der Waals surface area contributed by atoms with E-state index in [2.05, 4.69) is 23.5 Å². The number of nitrogens with zero attached hydrogens (tertiary/aromatic N) is 1. The Bertz CT molecular complexity index is 758. The summed E-state index contributed by atoms with van der Waals surface area (Å²) >= 11 is 0. The van der Waals surface area contributed by atoms with E-state index in [1.807, 2.05) is 30.3 Å². The quantitative estimate of drug-likeness (QED) is 0.919. The Morgan fingerprint density at radius 2 is 1.83 bits per heavy atom. The molecule has 122 valence electrons. The highest BCUT2D eigenvalue weighted by atomic mass is 16.6. The molecule has 0 aromatic heterocycles. The van der Waals surface area contributed by atoms with Crippen LogP contribution in [0.2, 0.25) is 0 Å². The van der Waals surface area contributed by atoms with Crippen molar-refractivity contribution in [2.45, 2.75) is 24.9 Å². The zero-order valence-corrected chi connectivity index (χ0v) is 13.5. The number of ether oxygens (including phenoxy) is 2. The van der Waals surface area contributed by atoms with Gasteiger partial charge in [0, 0.05) is 5.56 Å². The van der Waals surface area contributed by atoms with Gasteiger partial charge in [-0.2, -0.15) is 5.26 Å². The van der Waals surface area contributed by atoms with Gasteiger partial charge in [0.15, 0.2) is 17.6 Å². The monoisotopic (exact) mass is 320 g/mol. The van der Waals surface area contributed by atoms with Gasteiger partial charge in [-0.3, -0.25) is 0 Å². The molecule has 2 heterocycles. The summed E-state index contributed by atoms with van der Waals surface area (Å²) in [5, 5.41) is 12.3. The number of para-hydroxylation sites is 1. The number of fused-ring (bicyclic) bond motifs is 1. The van der Waals surface area contributed by atoms with E-state index < -0.39 is 0 Å². The molecule has 0 aliphatic carbocycles. The molecule has 1 atom stereocenters. The molecule has 0 saturated carbocycles. The van der Waals surface area contributed by atoms with Crippen LogP contribution in [-0.2, 0) is 0 Å². The predicted molar refractivity (Wildman–Crippen MR) is 91.3 cm³/mol. The second kappa shape index (κ2) is 6.54. The average Bonchev–Trinajstić information content (AvgIpc) is 2.68. The molecule has 0 bridgehead atoms. The lowest BCUT2D eigenvalue weighted by Crippen LogP contribution is -2.28. The first-order valence-corrected chi connectivity index (χ1v) is 8.48. The Kier molecular flexibility index (Phi) is 4.10. The van der Waals surface area contributed by atoms with Crippen LogP contribution in [-0.4, -0.2) is 19.7 Å². The van der Waals surface area contributed by atoms with Crippen LogP contribution in [0, 0.1) is 11.3 Å². The average molecular weight is 320 g/mol. The molecule has 1 saturated heterocycles. The van der Waals surface area contributed by atoms with Crippen LogP contribution in [0.3, 0.4) is 0 Å². The summed E-state index contributed by atoms with van der Waals surface area (Å²) < 4.78 is 12.3. The Morgan fingerprint density at radius 1 is 1.04 bits per heavy atom. The molecule has 24 heavy (non-hydrogen) atoms. The maximum absolute atomic E-state index is 8.91. The van der Waals surface area contributed by atoms with Crippen LogP contribution in [0.1, 0.15) is 41.6 Å². The van der Waals surface area contributed by atoms with Gasteiger partial charge in [-0.15, -0.1) is 0 Å². The predicted octanol–water partition coefficient (Wildman–Crippen LogP) is 3.54. The van der Waals surface area contributed by atoms with Crippen LogP contribution < -0.4 is 14.8 Å². The Balaban J connectivity index is 1.58. The van der Waals surface area contributed by atoms with E-state index in [0.717, 1.165) is 43.0 Å². The number of piperidine rings is 1. The summed E-state index contributed by atoms with van der Waals surface area (Å²) in [6.07, 6.45) is 2.14. The smallest absolute Gasteiger partial charge is 0.164 e. The van der Waals surface area contributed by atoms with E-state index in [0.29, 0.717) is 18.1 Å². The van der Waals surface area contributed by atoms with Gasteiger partial charge in [-0.05, 0) is 55.6 Å². The van der Waals surface area contributed by atoms with Crippen molar-refractivity contribution < 1.29 is 9.47 Å². The number of benzene rings is 2. The van der Waals surface area contributed by atoms with Gasteiger partial charge in [-0.25, -0.2) is 0 Å². The lowest BCUT2D eigenvalue weighted by molar-refractivity contribution is 0.0895. The first kappa shape index (κ1) is 15.0. The largest absolute Gasteiger partial charge is 0.485 e. The van der Waals surface area contributed by atoms with Crippen molar-refractivity contribution in [3.05, 3.63) is 59.2 Å². The fourth-order valence-electron chi connectivity index (χ4n) is 3.52. The third-order valence-electron chi connectivity index (χ3n) is 4.85. The fourth-order valence-corrected chi connectivity index (χ4v) is 3.52. The number of rotatable bonds is 2. The topological polar surface area (TPSA) is 54.3 Å². The molecular formula is C20H20N2O2. The van der Waals surface area contributed by atoms with E-state index in [-0.39, 0.29) is 6.10 Å². The molecule has 0 amide bonds. The molecule has 4 rings (SSSR count). The molecule has 1 N–H and O–H groups in total. The summed E-state index contributed by atoms with van der Waals surface area (Å²) in [6.45, 7) is 2.62. The van der Waals surface area contributed by atoms with E-state index in [9.17, 15) is 0 Å². The minimum atomic E-state index is -0.131. The van der Waals surface area contributed by atoms with Crippen LogP contribution in [0.4, 0.5) is 0 Å². The third kappa shape index (κ3) is 2.83. The van der Waals surface area contributed by atoms with Crippen LogP contribution in [0.15, 0.2) is 42.5 Å². The van der Waals surface area contributed by atoms with Gasteiger partial charge in [0.05, 0.1) is 11.6 Å². The van der Waals surface area contributed by atoms with E-state index in [1.54, 1.807) is 0 Å². The summed E-state index contributed by atoms with van der Waals surface area (Å²) in [5.74, 6) is 2.28. The summed E-state index contributed by atoms with van der Waals surface area (Å²) in [6, 6.07) is 15.9. The molecule has 2 aromatic carbocycles. The van der Waals surface area contributed by atoms with Crippen molar-refractivity contribution >= 4 is 0 Å². The van der Waals surface area contributed by atoms with Crippen molar-refractivity contribution in [2.75, 3.05) is 19.7 Å². The number of hydrogen-bond donors (Lipinski definition) is 1. The highest BCUT2D eigenvalue weighted by molar-refractivity contribution is 5.50. The van der Waals surface area contributed by atoms with E-state index >= 15 is 0 Å². The molecule has 2 aromatic rings. The van der Waals surface area contributed by atoms with Crippen molar-refractivity contribution in [1.29, 1.82) is 5.26 Å². The number of nitriles is 1. The SMILES string of the molecule is N#Cc1ccc([C@@H]2COc3c(cccc3C3CCNCC3)O2)cc1. The first-order chi connectivity index (χ1) is 11.8. The van der Waals surface area contributed by atoms with Crippen molar-refractivity contribution in [2.24, 2.45) is 0 Å². The molecule has 1 fully saturated rings. The molecule has 4 nitrogen and oxygen atoms in total. The van der Waals surface area contributed by atoms with Gasteiger partial charge in [-0.1, -0.05) is 24.3 Å². The Hall–Kier alpha value is -2.51. The fraction of sp³-hybridized carbons (Fsp3) is 0.350. The third-order valence-corrected chi connectivity index (χ3v) is 4.85. The first-order valence-electron chi connectivity index (χ1n) is 8.48. The molecule has 2 aliphatic rings. The van der Waals surface area contributed by atoms with Crippen LogP contribution in [0.25, 0.3) is 0 Å². The maximum Gasteiger partial charge on any atom is 0.164 e. The molecule has 4 heteroatoms. The molecule has 0 radical (unpaired) electrons. The number of nitrogens with one attached hydrogen (secondary N) is 1. The molecule has 0 spiro atoms. The lowest BCUT2D eigenvalue weighted by atomic mass is 9.89. The number of hydrogen-bond acceptors (Lipinski definition) is 4. The Labute approximate surface area is 142 Å². The lowest BCUT2D eigenvalue weighted by Gasteiger charge is -2.31. The van der Waals surface area contributed by atoms with Crippen molar-refractivity contribution in [3.63, 3.8) is 0 Å². The molecular weight excluding hydrogens is 300 g/mol. The van der Waals surface area contributed by atoms with Crippen LogP contribution >= 0.6 is 0 Å². The van der Waals surface area contributed by atoms with E-state index in [1.165, 1.54) is 5.56 Å². The minimum Gasteiger partial charge on any atom is -0.485 e. The van der Waals surface area contributed by atoms with Gasteiger partial charge in [0.1, 0.15) is 6.61 Å². The van der Waals surface area contributed by atoms with Gasteiger partial charge in [0.25, 0.3) is 0 Å². The second-order valence-corrected chi connectivity index (χ2v) is 6.35. The maximum atomic E-state index is 8.91. The summed E-state index contributed by atoms with van der Waals surface area (Å²) in [5.41, 5.74) is 2.96. The van der Waals surface area contributed by atoms with Crippen LogP contribution in [0.5, 0.6) is 11.5 Å².